The minimum Gasteiger partial charge on any atom is -0.443 e. The van der Waals surface area contributed by atoms with Crippen molar-refractivity contribution in [1.82, 2.24) is 0 Å². The molecule has 0 saturated carbocycles. The van der Waals surface area contributed by atoms with E-state index in [0.717, 1.165) is 0 Å². The molecular formula is C5H6Cl4O2S. The summed E-state index contributed by atoms with van der Waals surface area (Å²) in [4.78, 5) is 10.9. The minimum atomic E-state index is -1.86. The van der Waals surface area contributed by atoms with E-state index in [1.165, 1.54) is 0 Å². The highest BCUT2D eigenvalue weighted by Crippen LogP contribution is 2.28. The van der Waals surface area contributed by atoms with Crippen molar-refractivity contribution in [2.45, 2.75) is 15.6 Å². The average Bonchev–Trinajstić information content (AvgIpc) is 1.85. The van der Waals surface area contributed by atoms with Gasteiger partial charge in [-0.25, -0.2) is 4.79 Å². The summed E-state index contributed by atoms with van der Waals surface area (Å²) < 4.78 is 2.70. The number of hydrogen-bond acceptors (Lipinski definition) is 3. The normalized spacial score (nSPS) is 14.1. The molecule has 0 aromatic carbocycles. The second-order valence-electron chi connectivity index (χ2n) is 1.83. The van der Waals surface area contributed by atoms with Crippen LogP contribution in [0.3, 0.4) is 0 Å². The Morgan fingerprint density at radius 3 is 2.42 bits per heavy atom. The monoisotopic (exact) mass is 270 g/mol. The van der Waals surface area contributed by atoms with E-state index in [-0.39, 0.29) is 5.88 Å². The van der Waals surface area contributed by atoms with E-state index in [1.54, 1.807) is 0 Å². The van der Waals surface area contributed by atoms with E-state index in [2.05, 4.69) is 17.4 Å². The Bertz CT molecular complexity index is 158. The second-order valence-corrected chi connectivity index (χ2v) is 5.22. The summed E-state index contributed by atoms with van der Waals surface area (Å²) in [5.74, 6) is -0.620. The molecule has 12 heavy (non-hydrogen) atoms. The van der Waals surface area contributed by atoms with Crippen LogP contribution in [-0.2, 0) is 9.53 Å². The molecule has 1 unspecified atom stereocenters. The van der Waals surface area contributed by atoms with Gasteiger partial charge in [0.05, 0.1) is 0 Å². The van der Waals surface area contributed by atoms with Crippen LogP contribution in [0, 0.1) is 0 Å². The maximum absolute atomic E-state index is 10.9. The number of carbonyl (C=O) groups excluding carboxylic acids is 1. The molecule has 0 aliphatic heterocycles. The van der Waals surface area contributed by atoms with Crippen molar-refractivity contribution in [3.05, 3.63) is 0 Å². The molecule has 2 nitrogen and oxygen atoms in total. The first-order valence-electron chi connectivity index (χ1n) is 2.89. The SMILES string of the molecule is O=C(OC(Cl)CCCl)C(S)(Cl)Cl. The highest BCUT2D eigenvalue weighted by molar-refractivity contribution is 7.86. The van der Waals surface area contributed by atoms with Crippen LogP contribution in [0.25, 0.3) is 0 Å². The van der Waals surface area contributed by atoms with Crippen molar-refractivity contribution >= 4 is 65.0 Å². The first kappa shape index (κ1) is 13.0. The third-order valence-corrected chi connectivity index (χ3v) is 1.83. The molecular weight excluding hydrogens is 266 g/mol. The third kappa shape index (κ3) is 5.60. The smallest absolute Gasteiger partial charge is 0.354 e. The van der Waals surface area contributed by atoms with Crippen molar-refractivity contribution in [1.29, 1.82) is 0 Å². The summed E-state index contributed by atoms with van der Waals surface area (Å²) in [6.45, 7) is 0. The summed E-state index contributed by atoms with van der Waals surface area (Å²) in [6.07, 6.45) is 0.326. The molecule has 0 fully saturated rings. The molecule has 0 aromatic heterocycles. The number of halogens is 4. The molecule has 0 aliphatic rings. The molecule has 0 saturated heterocycles. The van der Waals surface area contributed by atoms with Crippen LogP contribution >= 0.6 is 59.0 Å². The van der Waals surface area contributed by atoms with Gasteiger partial charge in [-0.05, 0) is 0 Å². The molecule has 0 aromatic rings. The van der Waals surface area contributed by atoms with Crippen LogP contribution in [0.2, 0.25) is 0 Å². The molecule has 0 bridgehead atoms. The highest BCUT2D eigenvalue weighted by Gasteiger charge is 2.32. The highest BCUT2D eigenvalue weighted by atomic mass is 35.5. The Morgan fingerprint density at radius 2 is 2.08 bits per heavy atom. The fraction of sp³-hybridized carbons (Fsp3) is 0.800. The lowest BCUT2D eigenvalue weighted by Gasteiger charge is -2.14. The Balaban J connectivity index is 3.85. The van der Waals surface area contributed by atoms with E-state index in [4.69, 9.17) is 46.4 Å². The molecule has 0 radical (unpaired) electrons. The summed E-state index contributed by atoms with van der Waals surface area (Å²) in [5, 5.41) is 0. The van der Waals surface area contributed by atoms with Crippen molar-refractivity contribution in [2.24, 2.45) is 0 Å². The van der Waals surface area contributed by atoms with Crippen LogP contribution in [-0.4, -0.2) is 21.1 Å². The van der Waals surface area contributed by atoms with E-state index in [0.29, 0.717) is 6.42 Å². The van der Waals surface area contributed by atoms with Crippen LogP contribution in [0.1, 0.15) is 6.42 Å². The fourth-order valence-electron chi connectivity index (χ4n) is 0.332. The van der Waals surface area contributed by atoms with E-state index in [9.17, 15) is 4.79 Å². The zero-order valence-corrected chi connectivity index (χ0v) is 9.69. The molecule has 0 N–H and O–H groups in total. The first-order chi connectivity index (χ1) is 5.38. The van der Waals surface area contributed by atoms with Gasteiger partial charge in [0.25, 0.3) is 3.67 Å². The summed E-state index contributed by atoms with van der Waals surface area (Å²) in [5.41, 5.74) is -0.820. The van der Waals surface area contributed by atoms with Crippen LogP contribution in [0.15, 0.2) is 0 Å². The van der Waals surface area contributed by atoms with Crippen LogP contribution < -0.4 is 0 Å². The maximum atomic E-state index is 10.9. The van der Waals surface area contributed by atoms with Gasteiger partial charge in [-0.2, -0.15) is 0 Å². The standard InChI is InChI=1S/C5H6Cl4O2S/c6-2-1-3(7)11-4(10)5(8,9)12/h3,12H,1-2H2. The fourth-order valence-corrected chi connectivity index (χ4v) is 0.973. The summed E-state index contributed by atoms with van der Waals surface area (Å²) in [7, 11) is 0. The number of alkyl halides is 4. The number of rotatable bonds is 4. The molecule has 0 aliphatic carbocycles. The number of thiol groups is 1. The maximum Gasteiger partial charge on any atom is 0.354 e. The Hall–Kier alpha value is 0.980. The van der Waals surface area contributed by atoms with Gasteiger partial charge in [0.15, 0.2) is 5.56 Å². The first-order valence-corrected chi connectivity index (χ1v) is 5.06. The third-order valence-electron chi connectivity index (χ3n) is 0.817. The molecule has 0 rings (SSSR count). The van der Waals surface area contributed by atoms with Crippen molar-refractivity contribution in [3.63, 3.8) is 0 Å². The number of hydrogen-bond donors (Lipinski definition) is 1. The summed E-state index contributed by atoms with van der Waals surface area (Å²) in [6, 6.07) is 0. The van der Waals surface area contributed by atoms with E-state index >= 15 is 0 Å². The van der Waals surface area contributed by atoms with E-state index in [1.807, 2.05) is 0 Å². The van der Waals surface area contributed by atoms with E-state index < -0.39 is 15.2 Å². The van der Waals surface area contributed by atoms with Gasteiger partial charge in [-0.3, -0.25) is 0 Å². The van der Waals surface area contributed by atoms with Crippen molar-refractivity contribution in [2.75, 3.05) is 5.88 Å². The lowest BCUT2D eigenvalue weighted by molar-refractivity contribution is -0.144. The second kappa shape index (κ2) is 5.66. The van der Waals surface area contributed by atoms with Crippen LogP contribution in [0.4, 0.5) is 0 Å². The Labute approximate surface area is 95.8 Å². The topological polar surface area (TPSA) is 26.3 Å². The molecule has 0 spiro atoms. The van der Waals surface area contributed by atoms with Crippen molar-refractivity contribution in [3.8, 4) is 0 Å². The Kier molecular flexibility index (Phi) is 6.12. The molecule has 1 atom stereocenters. The van der Waals surface area contributed by atoms with Gasteiger partial charge in [-0.15, -0.1) is 24.2 Å². The lowest BCUT2D eigenvalue weighted by Crippen LogP contribution is -2.25. The zero-order chi connectivity index (χ0) is 9.78. The zero-order valence-electron chi connectivity index (χ0n) is 5.77. The number of esters is 1. The number of carbonyl (C=O) groups is 1. The lowest BCUT2D eigenvalue weighted by atomic mass is 10.5. The van der Waals surface area contributed by atoms with Gasteiger partial charge >= 0.3 is 5.97 Å². The molecule has 7 heteroatoms. The predicted octanol–water partition coefficient (Wildman–Crippen LogP) is 2.78. The summed E-state index contributed by atoms with van der Waals surface area (Å²) >= 11 is 25.0. The van der Waals surface area contributed by atoms with Crippen LogP contribution in [0.5, 0.6) is 0 Å². The minimum absolute atomic E-state index is 0.283. The largest absolute Gasteiger partial charge is 0.443 e. The molecule has 0 heterocycles. The van der Waals surface area contributed by atoms with Gasteiger partial charge in [0.1, 0.15) is 0 Å². The molecule has 0 amide bonds. The average molecular weight is 272 g/mol. The van der Waals surface area contributed by atoms with Gasteiger partial charge < -0.3 is 4.74 Å². The van der Waals surface area contributed by atoms with Crippen molar-refractivity contribution < 1.29 is 9.53 Å². The van der Waals surface area contributed by atoms with Gasteiger partial charge in [0.2, 0.25) is 0 Å². The van der Waals surface area contributed by atoms with Gasteiger partial charge in [-0.1, -0.05) is 34.8 Å². The predicted molar refractivity (Wildman–Crippen MR) is 54.5 cm³/mol. The quantitative estimate of drug-likeness (QED) is 0.484. The Morgan fingerprint density at radius 1 is 1.58 bits per heavy atom. The number of ether oxygens (including phenoxy) is 1. The van der Waals surface area contributed by atoms with Gasteiger partial charge in [0, 0.05) is 12.3 Å². The molecule has 72 valence electrons.